The number of hydrogen-bond acceptors (Lipinski definition) is 5. The van der Waals surface area contributed by atoms with Crippen molar-refractivity contribution in [3.63, 3.8) is 0 Å². The minimum atomic E-state index is -1.20. The Kier molecular flexibility index (Phi) is 6.16. The molecule has 1 N–H and O–H groups in total. The Balaban J connectivity index is 1.51. The second-order valence-electron chi connectivity index (χ2n) is 7.18. The van der Waals surface area contributed by atoms with Gasteiger partial charge in [-0.15, -0.1) is 0 Å². The lowest BCUT2D eigenvalue weighted by Gasteiger charge is -2.38. The zero-order valence-corrected chi connectivity index (χ0v) is 15.5. The van der Waals surface area contributed by atoms with Gasteiger partial charge in [-0.2, -0.15) is 0 Å². The zero-order chi connectivity index (χ0) is 20.1. The van der Waals surface area contributed by atoms with Gasteiger partial charge in [0.2, 0.25) is 0 Å². The number of halogens is 1. The van der Waals surface area contributed by atoms with Crippen LogP contribution in [0.15, 0.2) is 48.5 Å². The van der Waals surface area contributed by atoms with Crippen molar-refractivity contribution in [3.05, 3.63) is 75.6 Å². The maximum Gasteiger partial charge on any atom is 0.275 e. The van der Waals surface area contributed by atoms with Gasteiger partial charge >= 0.3 is 0 Å². The minimum absolute atomic E-state index is 0.0200. The first-order valence-electron chi connectivity index (χ1n) is 9.36. The van der Waals surface area contributed by atoms with Gasteiger partial charge in [0, 0.05) is 31.1 Å². The number of aliphatic hydroxyl groups is 1. The average molecular weight is 386 g/mol. The van der Waals surface area contributed by atoms with E-state index in [4.69, 9.17) is 0 Å². The van der Waals surface area contributed by atoms with Crippen LogP contribution in [0, 0.1) is 15.9 Å². The van der Waals surface area contributed by atoms with Crippen molar-refractivity contribution in [1.29, 1.82) is 0 Å². The molecule has 1 aliphatic rings. The number of nitro groups is 1. The molecule has 0 atom stereocenters. The number of rotatable bonds is 7. The number of para-hydroxylation sites is 1. The molecule has 28 heavy (non-hydrogen) atoms. The fourth-order valence-corrected chi connectivity index (χ4v) is 3.69. The maximum absolute atomic E-state index is 12.9. The van der Waals surface area contributed by atoms with E-state index < -0.39 is 10.5 Å². The summed E-state index contributed by atoms with van der Waals surface area (Å²) in [7, 11) is 0. The van der Waals surface area contributed by atoms with Crippen molar-refractivity contribution in [2.75, 3.05) is 19.6 Å². The van der Waals surface area contributed by atoms with E-state index in [0.717, 1.165) is 0 Å². The largest absolute Gasteiger partial charge is 0.385 e. The highest BCUT2D eigenvalue weighted by atomic mass is 19.1. The molecule has 6 nitrogen and oxygen atoms in total. The number of carbonyl (C=O) groups excluding carboxylic acids is 1. The molecule has 0 amide bonds. The predicted octanol–water partition coefficient (Wildman–Crippen LogP) is 3.68. The van der Waals surface area contributed by atoms with Crippen LogP contribution in [0.5, 0.6) is 0 Å². The van der Waals surface area contributed by atoms with Crippen LogP contribution in [0.4, 0.5) is 10.1 Å². The monoisotopic (exact) mass is 386 g/mol. The van der Waals surface area contributed by atoms with Gasteiger partial charge < -0.3 is 10.0 Å². The highest BCUT2D eigenvalue weighted by molar-refractivity contribution is 5.95. The van der Waals surface area contributed by atoms with Crippen LogP contribution >= 0.6 is 0 Å². The molecular formula is C21H23FN2O4. The second-order valence-corrected chi connectivity index (χ2v) is 7.18. The topological polar surface area (TPSA) is 83.7 Å². The molecule has 3 rings (SSSR count). The van der Waals surface area contributed by atoms with Crippen LogP contribution in [0.25, 0.3) is 0 Å². The standard InChI is InChI=1S/C21H23FN2O4/c22-17-9-7-16(8-10-17)20(25)6-3-13-23-14-11-21(26,12-15-23)18-4-1-2-5-19(18)24(27)28/h1-2,4-5,7-10,26H,3,6,11-15H2. The van der Waals surface area contributed by atoms with Crippen molar-refractivity contribution in [2.24, 2.45) is 0 Å². The normalized spacial score (nSPS) is 16.6. The van der Waals surface area contributed by atoms with Crippen molar-refractivity contribution < 1.29 is 19.2 Å². The SMILES string of the molecule is O=C(CCCN1CCC(O)(c2ccccc2[N+](=O)[O-])CC1)c1ccc(F)cc1. The molecule has 1 aliphatic heterocycles. The van der Waals surface area contributed by atoms with Crippen molar-refractivity contribution in [3.8, 4) is 0 Å². The van der Waals surface area contributed by atoms with Gasteiger partial charge in [-0.05, 0) is 56.1 Å². The van der Waals surface area contributed by atoms with E-state index in [-0.39, 0.29) is 17.3 Å². The van der Waals surface area contributed by atoms with Crippen LogP contribution in [0.2, 0.25) is 0 Å². The van der Waals surface area contributed by atoms with Crippen molar-refractivity contribution >= 4 is 11.5 Å². The van der Waals surface area contributed by atoms with Crippen LogP contribution in [-0.2, 0) is 5.60 Å². The number of ketones is 1. The summed E-state index contributed by atoms with van der Waals surface area (Å²) in [6, 6.07) is 11.9. The molecule has 1 fully saturated rings. The molecule has 1 heterocycles. The van der Waals surface area contributed by atoms with Gasteiger partial charge in [-0.3, -0.25) is 14.9 Å². The van der Waals surface area contributed by atoms with Gasteiger partial charge in [-0.25, -0.2) is 4.39 Å². The zero-order valence-electron chi connectivity index (χ0n) is 15.5. The third-order valence-corrected chi connectivity index (χ3v) is 5.33. The fourth-order valence-electron chi connectivity index (χ4n) is 3.69. The van der Waals surface area contributed by atoms with E-state index >= 15 is 0 Å². The van der Waals surface area contributed by atoms with Gasteiger partial charge in [0.1, 0.15) is 5.82 Å². The molecule has 0 radical (unpaired) electrons. The number of likely N-dealkylation sites (tertiary alicyclic amines) is 1. The number of carbonyl (C=O) groups is 1. The number of benzene rings is 2. The molecule has 0 saturated carbocycles. The Morgan fingerprint density at radius 3 is 2.43 bits per heavy atom. The van der Waals surface area contributed by atoms with E-state index in [1.807, 2.05) is 0 Å². The highest BCUT2D eigenvalue weighted by Crippen LogP contribution is 2.37. The van der Waals surface area contributed by atoms with E-state index in [0.29, 0.717) is 56.4 Å². The van der Waals surface area contributed by atoms with Crippen LogP contribution < -0.4 is 0 Å². The summed E-state index contributed by atoms with van der Waals surface area (Å²) in [6.07, 6.45) is 1.85. The summed E-state index contributed by atoms with van der Waals surface area (Å²) in [6.45, 7) is 1.92. The second kappa shape index (κ2) is 8.58. The summed E-state index contributed by atoms with van der Waals surface area (Å²) in [5.41, 5.74) is -0.385. The van der Waals surface area contributed by atoms with Crippen LogP contribution in [0.3, 0.4) is 0 Å². The van der Waals surface area contributed by atoms with Crippen LogP contribution in [0.1, 0.15) is 41.6 Å². The summed E-state index contributed by atoms with van der Waals surface area (Å²) in [5.74, 6) is -0.385. The Bertz CT molecular complexity index is 846. The lowest BCUT2D eigenvalue weighted by Crippen LogP contribution is -2.43. The Morgan fingerprint density at radius 1 is 1.14 bits per heavy atom. The average Bonchev–Trinajstić information content (AvgIpc) is 2.70. The molecule has 0 bridgehead atoms. The summed E-state index contributed by atoms with van der Waals surface area (Å²) >= 11 is 0. The quantitative estimate of drug-likeness (QED) is 0.446. The maximum atomic E-state index is 12.9. The van der Waals surface area contributed by atoms with Gasteiger partial charge in [-0.1, -0.05) is 12.1 Å². The molecule has 7 heteroatoms. The molecular weight excluding hydrogens is 363 g/mol. The first-order valence-corrected chi connectivity index (χ1v) is 9.36. The van der Waals surface area contributed by atoms with E-state index in [2.05, 4.69) is 4.90 Å². The Labute approximate surface area is 162 Å². The Morgan fingerprint density at radius 2 is 1.79 bits per heavy atom. The first kappa shape index (κ1) is 20.1. The first-order chi connectivity index (χ1) is 13.4. The molecule has 0 aliphatic carbocycles. The third kappa shape index (κ3) is 4.61. The number of Topliss-reactive ketones (excluding diaryl/α,β-unsaturated/α-hetero) is 1. The lowest BCUT2D eigenvalue weighted by atomic mass is 9.83. The van der Waals surface area contributed by atoms with Gasteiger partial charge in [0.15, 0.2) is 5.78 Å². The Hall–Kier alpha value is -2.64. The summed E-state index contributed by atoms with van der Waals surface area (Å²) in [4.78, 5) is 25.1. The summed E-state index contributed by atoms with van der Waals surface area (Å²) < 4.78 is 12.9. The van der Waals surface area contributed by atoms with E-state index in [1.165, 1.54) is 30.3 Å². The highest BCUT2D eigenvalue weighted by Gasteiger charge is 2.38. The lowest BCUT2D eigenvalue weighted by molar-refractivity contribution is -0.386. The molecule has 1 saturated heterocycles. The number of piperidine rings is 1. The van der Waals surface area contributed by atoms with Crippen LogP contribution in [-0.4, -0.2) is 40.3 Å². The molecule has 0 unspecified atom stereocenters. The fraction of sp³-hybridized carbons (Fsp3) is 0.381. The van der Waals surface area contributed by atoms with Gasteiger partial charge in [0.25, 0.3) is 5.69 Å². The summed E-state index contributed by atoms with van der Waals surface area (Å²) in [5, 5.41) is 22.2. The minimum Gasteiger partial charge on any atom is -0.385 e. The molecule has 0 spiro atoms. The number of hydrogen-bond donors (Lipinski definition) is 1. The molecule has 148 valence electrons. The van der Waals surface area contributed by atoms with Crippen molar-refractivity contribution in [2.45, 2.75) is 31.3 Å². The number of nitro benzene ring substituents is 1. The molecule has 0 aromatic heterocycles. The smallest absolute Gasteiger partial charge is 0.275 e. The van der Waals surface area contributed by atoms with E-state index in [1.54, 1.807) is 18.2 Å². The predicted molar refractivity (Wildman–Crippen MR) is 103 cm³/mol. The molecule has 2 aromatic rings. The third-order valence-electron chi connectivity index (χ3n) is 5.33. The van der Waals surface area contributed by atoms with E-state index in [9.17, 15) is 24.4 Å². The van der Waals surface area contributed by atoms with Crippen molar-refractivity contribution in [1.82, 2.24) is 4.90 Å². The van der Waals surface area contributed by atoms with Gasteiger partial charge in [0.05, 0.1) is 16.1 Å². The number of nitrogens with zero attached hydrogens (tertiary/aromatic N) is 2. The molecule has 2 aromatic carbocycles.